The smallest absolute Gasteiger partial charge is 0.228 e. The van der Waals surface area contributed by atoms with Gasteiger partial charge in [0.2, 0.25) is 5.91 Å². The Labute approximate surface area is 173 Å². The van der Waals surface area contributed by atoms with Crippen molar-refractivity contribution in [2.24, 2.45) is 0 Å². The summed E-state index contributed by atoms with van der Waals surface area (Å²) < 4.78 is 0. The number of hydrogen-bond acceptors (Lipinski definition) is 5. The van der Waals surface area contributed by atoms with Crippen LogP contribution in [0.25, 0.3) is 10.6 Å². The van der Waals surface area contributed by atoms with E-state index in [4.69, 9.17) is 11.6 Å². The zero-order chi connectivity index (χ0) is 19.3. The molecule has 0 unspecified atom stereocenters. The second-order valence-electron chi connectivity index (χ2n) is 6.85. The molecule has 1 aliphatic rings. The van der Waals surface area contributed by atoms with E-state index in [9.17, 15) is 4.79 Å². The fourth-order valence-corrected chi connectivity index (χ4v) is 4.22. The largest absolute Gasteiger partial charge is 0.340 e. The highest BCUT2D eigenvalue weighted by atomic mass is 35.5. The Morgan fingerprint density at radius 3 is 2.61 bits per heavy atom. The van der Waals surface area contributed by atoms with E-state index in [0.29, 0.717) is 6.42 Å². The van der Waals surface area contributed by atoms with Gasteiger partial charge >= 0.3 is 0 Å². The lowest BCUT2D eigenvalue weighted by Gasteiger charge is -2.34. The van der Waals surface area contributed by atoms with Crippen molar-refractivity contribution in [2.75, 3.05) is 26.2 Å². The third-order valence-electron chi connectivity index (χ3n) is 4.84. The predicted molar refractivity (Wildman–Crippen MR) is 112 cm³/mol. The number of rotatable bonds is 5. The molecule has 144 valence electrons. The van der Waals surface area contributed by atoms with Crippen molar-refractivity contribution in [3.05, 3.63) is 70.5 Å². The van der Waals surface area contributed by atoms with Crippen LogP contribution in [0.15, 0.2) is 54.2 Å². The van der Waals surface area contributed by atoms with Gasteiger partial charge in [0.15, 0.2) is 0 Å². The van der Waals surface area contributed by atoms with E-state index >= 15 is 0 Å². The van der Waals surface area contributed by atoms with Gasteiger partial charge in [0.05, 0.1) is 12.1 Å². The Kier molecular flexibility index (Phi) is 6.00. The van der Waals surface area contributed by atoms with Crippen molar-refractivity contribution in [1.29, 1.82) is 0 Å². The van der Waals surface area contributed by atoms with E-state index in [1.165, 1.54) is 5.56 Å². The van der Waals surface area contributed by atoms with Crippen LogP contribution in [0.2, 0.25) is 5.02 Å². The normalized spacial score (nSPS) is 15.0. The summed E-state index contributed by atoms with van der Waals surface area (Å²) in [6, 6.07) is 11.8. The minimum atomic E-state index is 0.147. The molecule has 3 aromatic rings. The molecule has 1 fully saturated rings. The van der Waals surface area contributed by atoms with Gasteiger partial charge in [0.25, 0.3) is 0 Å². The molecule has 3 heterocycles. The fourth-order valence-electron chi connectivity index (χ4n) is 3.28. The number of piperazine rings is 1. The number of pyridine rings is 1. The maximum Gasteiger partial charge on any atom is 0.228 e. The molecule has 0 atom stereocenters. The zero-order valence-corrected chi connectivity index (χ0v) is 17.0. The summed E-state index contributed by atoms with van der Waals surface area (Å²) in [4.78, 5) is 25.7. The number of carbonyl (C=O) groups excluding carboxylic acids is 1. The monoisotopic (exact) mass is 412 g/mol. The molecule has 5 nitrogen and oxygen atoms in total. The van der Waals surface area contributed by atoms with E-state index in [2.05, 4.69) is 27.0 Å². The minimum Gasteiger partial charge on any atom is -0.340 e. The standard InChI is InChI=1S/C21H21ClN4OS/c22-18-5-3-16(4-6-18)14-25-8-10-26(11-9-25)20(27)12-19-15-28-21(24-19)17-2-1-7-23-13-17/h1-7,13,15H,8-12,14H2. The first-order chi connectivity index (χ1) is 13.7. The molecule has 4 rings (SSSR count). The van der Waals surface area contributed by atoms with E-state index in [1.807, 2.05) is 34.5 Å². The lowest BCUT2D eigenvalue weighted by molar-refractivity contribution is -0.132. The molecule has 1 aliphatic heterocycles. The quantitative estimate of drug-likeness (QED) is 0.640. The second-order valence-corrected chi connectivity index (χ2v) is 8.14. The number of thiazole rings is 1. The van der Waals surface area contributed by atoms with E-state index in [1.54, 1.807) is 23.7 Å². The van der Waals surface area contributed by atoms with E-state index in [0.717, 1.165) is 54.0 Å². The fraction of sp³-hybridized carbons (Fsp3) is 0.286. The van der Waals surface area contributed by atoms with Gasteiger partial charge in [-0.15, -0.1) is 11.3 Å². The molecule has 0 bridgehead atoms. The number of halogens is 1. The summed E-state index contributed by atoms with van der Waals surface area (Å²) in [5.41, 5.74) is 3.06. The van der Waals surface area contributed by atoms with Crippen LogP contribution in [-0.4, -0.2) is 51.9 Å². The van der Waals surface area contributed by atoms with Crippen LogP contribution in [-0.2, 0) is 17.8 Å². The maximum atomic E-state index is 12.7. The second kappa shape index (κ2) is 8.82. The molecule has 0 aliphatic carbocycles. The molecule has 1 aromatic carbocycles. The number of aromatic nitrogens is 2. The highest BCUT2D eigenvalue weighted by molar-refractivity contribution is 7.13. The van der Waals surface area contributed by atoms with Crippen LogP contribution in [0, 0.1) is 0 Å². The summed E-state index contributed by atoms with van der Waals surface area (Å²) in [7, 11) is 0. The maximum absolute atomic E-state index is 12.7. The van der Waals surface area contributed by atoms with Gasteiger partial charge in [0, 0.05) is 61.1 Å². The molecule has 0 saturated carbocycles. The molecular formula is C21H21ClN4OS. The zero-order valence-electron chi connectivity index (χ0n) is 15.4. The van der Waals surface area contributed by atoms with E-state index < -0.39 is 0 Å². The lowest BCUT2D eigenvalue weighted by Crippen LogP contribution is -2.48. The Bertz CT molecular complexity index is 921. The number of amides is 1. The molecule has 7 heteroatoms. The third-order valence-corrected chi connectivity index (χ3v) is 6.03. The Morgan fingerprint density at radius 2 is 1.89 bits per heavy atom. The Morgan fingerprint density at radius 1 is 1.11 bits per heavy atom. The molecule has 0 radical (unpaired) electrons. The van der Waals surface area contributed by atoms with Crippen LogP contribution >= 0.6 is 22.9 Å². The average Bonchev–Trinajstić information content (AvgIpc) is 3.19. The lowest BCUT2D eigenvalue weighted by atomic mass is 10.2. The van der Waals surface area contributed by atoms with Crippen LogP contribution in [0.1, 0.15) is 11.3 Å². The van der Waals surface area contributed by atoms with Gasteiger partial charge < -0.3 is 4.90 Å². The van der Waals surface area contributed by atoms with Crippen molar-refractivity contribution >= 4 is 28.8 Å². The van der Waals surface area contributed by atoms with Crippen LogP contribution < -0.4 is 0 Å². The van der Waals surface area contributed by atoms with Gasteiger partial charge in [-0.2, -0.15) is 0 Å². The molecule has 28 heavy (non-hydrogen) atoms. The first-order valence-electron chi connectivity index (χ1n) is 9.27. The summed E-state index contributed by atoms with van der Waals surface area (Å²) >= 11 is 7.50. The number of benzene rings is 1. The van der Waals surface area contributed by atoms with Crippen molar-refractivity contribution in [3.63, 3.8) is 0 Å². The van der Waals surface area contributed by atoms with E-state index in [-0.39, 0.29) is 5.91 Å². The van der Waals surface area contributed by atoms with Gasteiger partial charge in [0.1, 0.15) is 5.01 Å². The van der Waals surface area contributed by atoms with Crippen LogP contribution in [0.5, 0.6) is 0 Å². The van der Waals surface area contributed by atoms with Crippen molar-refractivity contribution < 1.29 is 4.79 Å². The Balaban J connectivity index is 1.28. The van der Waals surface area contributed by atoms with Gasteiger partial charge in [-0.3, -0.25) is 14.7 Å². The summed E-state index contributed by atoms with van der Waals surface area (Å²) in [6.07, 6.45) is 3.90. The molecule has 1 saturated heterocycles. The highest BCUT2D eigenvalue weighted by Crippen LogP contribution is 2.23. The van der Waals surface area contributed by atoms with Gasteiger partial charge in [-0.05, 0) is 29.8 Å². The predicted octanol–water partition coefficient (Wildman–Crippen LogP) is 3.75. The minimum absolute atomic E-state index is 0.147. The van der Waals surface area contributed by atoms with Gasteiger partial charge in [-0.1, -0.05) is 23.7 Å². The topological polar surface area (TPSA) is 49.3 Å². The SMILES string of the molecule is O=C(Cc1csc(-c2cccnc2)n1)N1CCN(Cc2ccc(Cl)cc2)CC1. The summed E-state index contributed by atoms with van der Waals surface area (Å²) in [5, 5.41) is 3.63. The third kappa shape index (κ3) is 4.76. The van der Waals surface area contributed by atoms with Crippen LogP contribution in [0.4, 0.5) is 0 Å². The van der Waals surface area contributed by atoms with Crippen molar-refractivity contribution in [1.82, 2.24) is 19.8 Å². The molecule has 0 spiro atoms. The highest BCUT2D eigenvalue weighted by Gasteiger charge is 2.22. The molecule has 2 aromatic heterocycles. The van der Waals surface area contributed by atoms with Crippen molar-refractivity contribution in [3.8, 4) is 10.6 Å². The van der Waals surface area contributed by atoms with Gasteiger partial charge in [-0.25, -0.2) is 4.98 Å². The first kappa shape index (κ1) is 19.1. The first-order valence-corrected chi connectivity index (χ1v) is 10.5. The van der Waals surface area contributed by atoms with Crippen LogP contribution in [0.3, 0.4) is 0 Å². The molecule has 1 amide bonds. The number of carbonyl (C=O) groups is 1. The summed E-state index contributed by atoms with van der Waals surface area (Å²) in [6.45, 7) is 4.16. The average molecular weight is 413 g/mol. The number of nitrogens with zero attached hydrogens (tertiary/aromatic N) is 4. The number of hydrogen-bond donors (Lipinski definition) is 0. The van der Waals surface area contributed by atoms with Crippen molar-refractivity contribution in [2.45, 2.75) is 13.0 Å². The Hall–Kier alpha value is -2.28. The molecular weight excluding hydrogens is 392 g/mol. The summed E-state index contributed by atoms with van der Waals surface area (Å²) in [5.74, 6) is 0.147. The molecule has 0 N–H and O–H groups in total.